The molecule has 188 valence electrons. The number of imide groups is 1. The molecular formula is C25H29N7O4. The van der Waals surface area contributed by atoms with Crippen molar-refractivity contribution >= 4 is 23.7 Å². The number of pyridine rings is 1. The van der Waals surface area contributed by atoms with E-state index >= 15 is 0 Å². The van der Waals surface area contributed by atoms with E-state index in [9.17, 15) is 14.4 Å². The molecule has 1 aromatic heterocycles. The van der Waals surface area contributed by atoms with Crippen molar-refractivity contribution < 1.29 is 19.1 Å². The van der Waals surface area contributed by atoms with E-state index in [1.165, 1.54) is 13.3 Å². The molecule has 3 N–H and O–H groups in total. The zero-order valence-corrected chi connectivity index (χ0v) is 20.3. The molecule has 0 bridgehead atoms. The number of hydrogen-bond donors (Lipinski definition) is 3. The average Bonchev–Trinajstić information content (AvgIpc) is 3.37. The summed E-state index contributed by atoms with van der Waals surface area (Å²) in [4.78, 5) is 48.7. The lowest BCUT2D eigenvalue weighted by Crippen LogP contribution is -2.52. The van der Waals surface area contributed by atoms with E-state index in [4.69, 9.17) is 10.1 Å². The Balaban J connectivity index is 1.38. The van der Waals surface area contributed by atoms with Gasteiger partial charge in [0.05, 0.1) is 13.7 Å². The number of nitrogens with zero attached hydrogens (tertiary/aromatic N) is 4. The van der Waals surface area contributed by atoms with Gasteiger partial charge in [-0.15, -0.1) is 0 Å². The van der Waals surface area contributed by atoms with E-state index in [2.05, 4.69) is 27.4 Å². The fraction of sp³-hybridized carbons (Fsp3) is 0.400. The molecule has 3 aliphatic heterocycles. The van der Waals surface area contributed by atoms with Gasteiger partial charge in [-0.2, -0.15) is 0 Å². The molecule has 11 nitrogen and oxygen atoms in total. The summed E-state index contributed by atoms with van der Waals surface area (Å²) >= 11 is 0. The van der Waals surface area contributed by atoms with Crippen molar-refractivity contribution in [3.63, 3.8) is 0 Å². The van der Waals surface area contributed by atoms with E-state index in [1.54, 1.807) is 29.2 Å². The second kappa shape index (κ2) is 9.23. The van der Waals surface area contributed by atoms with Crippen molar-refractivity contribution in [1.29, 1.82) is 5.41 Å². The van der Waals surface area contributed by atoms with Crippen LogP contribution in [0.4, 0.5) is 4.79 Å². The number of likely N-dealkylation sites (N-methyl/N-ethyl adjacent to an activating group) is 1. The number of methoxy groups -OCH3 is 1. The molecule has 2 aromatic rings. The molecule has 4 heterocycles. The van der Waals surface area contributed by atoms with Gasteiger partial charge in [-0.3, -0.25) is 25.3 Å². The standard InChI is InChI=1S/C25H29N7O4/c1-3-30-8-10-31(11-9-30)21(26)20-7-5-17(13-27-20)25(23(34)28-24(35)29-25)15-32-14-16-4-6-18(36-2)12-19(16)22(32)33/h4-7,12-13,26H,3,8-11,14-15H2,1-2H3,(H2,28,29,34,35)/t25-/m0/s1. The Labute approximate surface area is 208 Å². The summed E-state index contributed by atoms with van der Waals surface area (Å²) in [5, 5.41) is 13.6. The van der Waals surface area contributed by atoms with Crippen molar-refractivity contribution in [2.75, 3.05) is 46.4 Å². The number of piperazine rings is 1. The molecule has 0 radical (unpaired) electrons. The Hall–Kier alpha value is -3.99. The SMILES string of the molecule is CCN1CCN(C(=N)c2ccc([C@]3(CN4Cc5ccc(OC)cc5C4=O)NC(=O)NC3=O)cn2)CC1. The first-order valence-electron chi connectivity index (χ1n) is 12.0. The second-order valence-corrected chi connectivity index (χ2v) is 9.20. The van der Waals surface area contributed by atoms with Crippen molar-refractivity contribution in [1.82, 2.24) is 30.3 Å². The summed E-state index contributed by atoms with van der Waals surface area (Å²) in [6, 6.07) is 8.05. The average molecular weight is 492 g/mol. The maximum Gasteiger partial charge on any atom is 0.322 e. The predicted octanol–water partition coefficient (Wildman–Crippen LogP) is 0.744. The Morgan fingerprint density at radius 3 is 2.53 bits per heavy atom. The van der Waals surface area contributed by atoms with Crippen LogP contribution in [0.2, 0.25) is 0 Å². The number of carbonyl (C=O) groups excluding carboxylic acids is 3. The van der Waals surface area contributed by atoms with Gasteiger partial charge in [0, 0.05) is 50.0 Å². The predicted molar refractivity (Wildman–Crippen MR) is 131 cm³/mol. The van der Waals surface area contributed by atoms with Gasteiger partial charge >= 0.3 is 6.03 Å². The second-order valence-electron chi connectivity index (χ2n) is 9.20. The van der Waals surface area contributed by atoms with Gasteiger partial charge in [0.1, 0.15) is 17.3 Å². The third kappa shape index (κ3) is 4.05. The molecule has 2 saturated heterocycles. The Morgan fingerprint density at radius 2 is 1.92 bits per heavy atom. The van der Waals surface area contributed by atoms with Crippen molar-refractivity contribution in [3.8, 4) is 5.75 Å². The molecule has 3 aliphatic rings. The molecule has 2 fully saturated rings. The van der Waals surface area contributed by atoms with Gasteiger partial charge in [0.15, 0.2) is 5.54 Å². The summed E-state index contributed by atoms with van der Waals surface area (Å²) in [7, 11) is 1.54. The van der Waals surface area contributed by atoms with E-state index in [0.29, 0.717) is 35.0 Å². The van der Waals surface area contributed by atoms with Gasteiger partial charge in [-0.05, 0) is 30.3 Å². The lowest BCUT2D eigenvalue weighted by atomic mass is 9.90. The van der Waals surface area contributed by atoms with Crippen LogP contribution in [0.1, 0.15) is 34.1 Å². The van der Waals surface area contributed by atoms with Crippen molar-refractivity contribution in [3.05, 3.63) is 58.9 Å². The topological polar surface area (TPSA) is 131 Å². The van der Waals surface area contributed by atoms with Gasteiger partial charge in [-0.25, -0.2) is 4.79 Å². The molecule has 0 aliphatic carbocycles. The highest BCUT2D eigenvalue weighted by atomic mass is 16.5. The highest BCUT2D eigenvalue weighted by Crippen LogP contribution is 2.32. The van der Waals surface area contributed by atoms with E-state index in [1.807, 2.05) is 11.0 Å². The number of amidine groups is 1. The quantitative estimate of drug-likeness (QED) is 0.309. The van der Waals surface area contributed by atoms with Crippen LogP contribution < -0.4 is 15.4 Å². The van der Waals surface area contributed by atoms with Crippen LogP contribution in [0.5, 0.6) is 5.75 Å². The maximum atomic E-state index is 13.2. The number of hydrogen-bond acceptors (Lipinski definition) is 7. The molecule has 36 heavy (non-hydrogen) atoms. The zero-order chi connectivity index (χ0) is 25.4. The summed E-state index contributed by atoms with van der Waals surface area (Å²) in [5.41, 5.74) is 0.782. The number of amides is 4. The summed E-state index contributed by atoms with van der Waals surface area (Å²) in [6.07, 6.45) is 1.51. The molecule has 1 aromatic carbocycles. The highest BCUT2D eigenvalue weighted by molar-refractivity contribution is 6.08. The van der Waals surface area contributed by atoms with Crippen molar-refractivity contribution in [2.45, 2.75) is 19.0 Å². The fourth-order valence-corrected chi connectivity index (χ4v) is 5.01. The minimum absolute atomic E-state index is 0.0577. The van der Waals surface area contributed by atoms with Gasteiger partial charge in [-0.1, -0.05) is 19.1 Å². The first-order valence-corrected chi connectivity index (χ1v) is 12.0. The number of ether oxygens (including phenoxy) is 1. The van der Waals surface area contributed by atoms with Crippen LogP contribution in [-0.2, 0) is 16.9 Å². The first-order chi connectivity index (χ1) is 17.3. The monoisotopic (exact) mass is 491 g/mol. The van der Waals surface area contributed by atoms with E-state index in [0.717, 1.165) is 38.3 Å². The number of urea groups is 1. The third-order valence-electron chi connectivity index (χ3n) is 7.20. The molecule has 5 rings (SSSR count). The van der Waals surface area contributed by atoms with Crippen LogP contribution in [-0.4, -0.2) is 89.7 Å². The zero-order valence-electron chi connectivity index (χ0n) is 20.3. The summed E-state index contributed by atoms with van der Waals surface area (Å²) in [5.74, 6) is 0.109. The molecule has 1 atom stereocenters. The fourth-order valence-electron chi connectivity index (χ4n) is 5.01. The van der Waals surface area contributed by atoms with Crippen LogP contribution in [0.25, 0.3) is 0 Å². The van der Waals surface area contributed by atoms with E-state index in [-0.39, 0.29) is 12.5 Å². The molecule has 11 heteroatoms. The summed E-state index contributed by atoms with van der Waals surface area (Å²) in [6.45, 7) is 6.65. The summed E-state index contributed by atoms with van der Waals surface area (Å²) < 4.78 is 5.24. The molecular weight excluding hydrogens is 462 g/mol. The number of nitrogens with one attached hydrogen (secondary N) is 3. The first kappa shape index (κ1) is 23.7. The Morgan fingerprint density at radius 1 is 1.14 bits per heavy atom. The molecule has 0 unspecified atom stereocenters. The number of rotatable bonds is 6. The van der Waals surface area contributed by atoms with Crippen LogP contribution in [0, 0.1) is 5.41 Å². The van der Waals surface area contributed by atoms with E-state index < -0.39 is 17.5 Å². The number of benzene rings is 1. The van der Waals surface area contributed by atoms with Crippen LogP contribution in [0.15, 0.2) is 36.5 Å². The minimum atomic E-state index is -1.49. The third-order valence-corrected chi connectivity index (χ3v) is 7.20. The van der Waals surface area contributed by atoms with Gasteiger partial charge < -0.3 is 24.8 Å². The highest BCUT2D eigenvalue weighted by Gasteiger charge is 2.50. The van der Waals surface area contributed by atoms with Crippen LogP contribution in [0.3, 0.4) is 0 Å². The Kier molecular flexibility index (Phi) is 6.09. The number of aromatic nitrogens is 1. The molecule has 0 spiro atoms. The smallest absolute Gasteiger partial charge is 0.322 e. The lowest BCUT2D eigenvalue weighted by molar-refractivity contribution is -0.124. The van der Waals surface area contributed by atoms with Gasteiger partial charge in [0.25, 0.3) is 11.8 Å². The van der Waals surface area contributed by atoms with Gasteiger partial charge in [0.2, 0.25) is 0 Å². The number of fused-ring (bicyclic) bond motifs is 1. The largest absolute Gasteiger partial charge is 0.497 e. The lowest BCUT2D eigenvalue weighted by Gasteiger charge is -2.35. The minimum Gasteiger partial charge on any atom is -0.497 e. The normalized spacial score (nSPS) is 21.9. The molecule has 4 amide bonds. The number of carbonyl (C=O) groups is 3. The van der Waals surface area contributed by atoms with Crippen molar-refractivity contribution in [2.24, 2.45) is 0 Å². The van der Waals surface area contributed by atoms with Crippen LogP contribution >= 0.6 is 0 Å². The molecule has 0 saturated carbocycles. The Bertz CT molecular complexity index is 1220. The maximum absolute atomic E-state index is 13.2.